The lowest BCUT2D eigenvalue weighted by Gasteiger charge is -2.42. The molecule has 4 nitrogen and oxygen atoms in total. The van der Waals surface area contributed by atoms with E-state index in [1.54, 1.807) is 6.33 Å². The van der Waals surface area contributed by atoms with Gasteiger partial charge in [-0.1, -0.05) is 13.8 Å². The van der Waals surface area contributed by atoms with Gasteiger partial charge in [0.05, 0.1) is 0 Å². The molecule has 0 amide bonds. The summed E-state index contributed by atoms with van der Waals surface area (Å²) in [5.41, 5.74) is 0.288. The van der Waals surface area contributed by atoms with Crippen LogP contribution in [-0.2, 0) is 0 Å². The van der Waals surface area contributed by atoms with Crippen molar-refractivity contribution in [1.82, 2.24) is 9.97 Å². The summed E-state index contributed by atoms with van der Waals surface area (Å²) in [7, 11) is 0. The Balaban J connectivity index is 2.00. The summed E-state index contributed by atoms with van der Waals surface area (Å²) in [6.07, 6.45) is 7.73. The van der Waals surface area contributed by atoms with Crippen molar-refractivity contribution < 1.29 is 0 Å². The third kappa shape index (κ3) is 2.87. The minimum absolute atomic E-state index is 0.288. The summed E-state index contributed by atoms with van der Waals surface area (Å²) < 4.78 is 0. The maximum atomic E-state index is 4.30. The zero-order valence-electron chi connectivity index (χ0n) is 10.8. The number of rotatable bonds is 6. The van der Waals surface area contributed by atoms with Gasteiger partial charge in [-0.3, -0.25) is 0 Å². The summed E-state index contributed by atoms with van der Waals surface area (Å²) in [5.74, 6) is 1.86. The molecule has 1 heterocycles. The highest BCUT2D eigenvalue weighted by atomic mass is 15.1. The molecule has 0 bridgehead atoms. The zero-order valence-corrected chi connectivity index (χ0v) is 10.8. The number of nitrogens with one attached hydrogen (secondary N) is 2. The van der Waals surface area contributed by atoms with Gasteiger partial charge in [0.15, 0.2) is 0 Å². The summed E-state index contributed by atoms with van der Waals surface area (Å²) >= 11 is 0. The smallest absolute Gasteiger partial charge is 0.131 e. The number of hydrogen-bond donors (Lipinski definition) is 2. The van der Waals surface area contributed by atoms with E-state index >= 15 is 0 Å². The van der Waals surface area contributed by atoms with Gasteiger partial charge < -0.3 is 10.6 Å². The number of hydrogen-bond acceptors (Lipinski definition) is 4. The third-order valence-electron chi connectivity index (χ3n) is 3.60. The molecule has 2 N–H and O–H groups in total. The van der Waals surface area contributed by atoms with Crippen LogP contribution in [0.15, 0.2) is 12.4 Å². The molecular formula is C13H22N4. The second-order valence-electron chi connectivity index (χ2n) is 4.83. The topological polar surface area (TPSA) is 49.8 Å². The molecular weight excluding hydrogens is 212 g/mol. The van der Waals surface area contributed by atoms with E-state index in [0.29, 0.717) is 0 Å². The fourth-order valence-electron chi connectivity index (χ4n) is 2.22. The molecule has 0 aromatic carbocycles. The molecule has 0 radical (unpaired) electrons. The minimum Gasteiger partial charge on any atom is -0.370 e. The summed E-state index contributed by atoms with van der Waals surface area (Å²) in [4.78, 5) is 8.51. The number of anilines is 2. The van der Waals surface area contributed by atoms with E-state index in [2.05, 4.69) is 34.4 Å². The van der Waals surface area contributed by atoms with Crippen molar-refractivity contribution in [2.24, 2.45) is 0 Å². The third-order valence-corrected chi connectivity index (χ3v) is 3.60. The van der Waals surface area contributed by atoms with Crippen LogP contribution in [0.1, 0.15) is 46.0 Å². The maximum Gasteiger partial charge on any atom is 0.131 e. The van der Waals surface area contributed by atoms with Crippen molar-refractivity contribution in [3.8, 4) is 0 Å². The Morgan fingerprint density at radius 3 is 2.59 bits per heavy atom. The molecule has 1 fully saturated rings. The first kappa shape index (κ1) is 12.1. The molecule has 4 heteroatoms. The Morgan fingerprint density at radius 1 is 1.24 bits per heavy atom. The fraction of sp³-hybridized carbons (Fsp3) is 0.692. The van der Waals surface area contributed by atoms with Crippen LogP contribution in [0.5, 0.6) is 0 Å². The first-order valence-corrected chi connectivity index (χ1v) is 6.62. The Kier molecular flexibility index (Phi) is 3.82. The molecule has 0 aliphatic heterocycles. The monoisotopic (exact) mass is 234 g/mol. The molecule has 1 aromatic heterocycles. The van der Waals surface area contributed by atoms with Crippen LogP contribution in [0, 0.1) is 0 Å². The lowest BCUT2D eigenvalue weighted by molar-refractivity contribution is 0.269. The molecule has 1 saturated carbocycles. The first-order chi connectivity index (χ1) is 8.28. The van der Waals surface area contributed by atoms with Crippen LogP contribution in [0.2, 0.25) is 0 Å². The molecule has 17 heavy (non-hydrogen) atoms. The molecule has 2 rings (SSSR count). The molecule has 0 unspecified atom stereocenters. The lowest BCUT2D eigenvalue weighted by atomic mass is 9.75. The van der Waals surface area contributed by atoms with Gasteiger partial charge in [0.25, 0.3) is 0 Å². The average molecular weight is 234 g/mol. The standard InChI is InChI=1S/C13H22N4/c1-3-8-14-11-9-12(16-10-15-11)17-13(4-2)6-5-7-13/h9-10H,3-8H2,1-2H3,(H2,14,15,16,17). The Bertz CT molecular complexity index is 355. The lowest BCUT2D eigenvalue weighted by Crippen LogP contribution is -2.44. The molecule has 94 valence electrons. The molecule has 1 aliphatic carbocycles. The van der Waals surface area contributed by atoms with Gasteiger partial charge in [0.2, 0.25) is 0 Å². The van der Waals surface area contributed by atoms with Crippen LogP contribution in [-0.4, -0.2) is 22.1 Å². The quantitative estimate of drug-likeness (QED) is 0.794. The Labute approximate surface area is 103 Å². The highest BCUT2D eigenvalue weighted by Gasteiger charge is 2.35. The van der Waals surface area contributed by atoms with Crippen LogP contribution >= 0.6 is 0 Å². The first-order valence-electron chi connectivity index (χ1n) is 6.62. The predicted molar refractivity (Wildman–Crippen MR) is 71.3 cm³/mol. The number of nitrogens with zero attached hydrogens (tertiary/aromatic N) is 2. The van der Waals surface area contributed by atoms with Gasteiger partial charge in [-0.2, -0.15) is 0 Å². The Hall–Kier alpha value is -1.32. The van der Waals surface area contributed by atoms with Crippen LogP contribution < -0.4 is 10.6 Å². The van der Waals surface area contributed by atoms with E-state index < -0.39 is 0 Å². The van der Waals surface area contributed by atoms with Gasteiger partial charge in [-0.05, 0) is 32.1 Å². The van der Waals surface area contributed by atoms with E-state index in [1.165, 1.54) is 19.3 Å². The largest absolute Gasteiger partial charge is 0.370 e. The normalized spacial score (nSPS) is 17.3. The van der Waals surface area contributed by atoms with Gasteiger partial charge in [-0.15, -0.1) is 0 Å². The highest BCUT2D eigenvalue weighted by molar-refractivity contribution is 5.48. The van der Waals surface area contributed by atoms with Crippen molar-refractivity contribution in [2.75, 3.05) is 17.2 Å². The SMILES string of the molecule is CCCNc1cc(NC2(CC)CCC2)ncn1. The molecule has 0 spiro atoms. The van der Waals surface area contributed by atoms with Crippen molar-refractivity contribution in [1.29, 1.82) is 0 Å². The predicted octanol–water partition coefficient (Wildman–Crippen LogP) is 3.04. The van der Waals surface area contributed by atoms with E-state index in [0.717, 1.165) is 31.0 Å². The second-order valence-corrected chi connectivity index (χ2v) is 4.83. The van der Waals surface area contributed by atoms with Crippen LogP contribution in [0.25, 0.3) is 0 Å². The highest BCUT2D eigenvalue weighted by Crippen LogP contribution is 2.37. The fourth-order valence-corrected chi connectivity index (χ4v) is 2.22. The molecule has 0 atom stereocenters. The van der Waals surface area contributed by atoms with Gasteiger partial charge in [-0.25, -0.2) is 9.97 Å². The minimum atomic E-state index is 0.288. The second kappa shape index (κ2) is 5.34. The Morgan fingerprint density at radius 2 is 2.00 bits per heavy atom. The van der Waals surface area contributed by atoms with Gasteiger partial charge in [0, 0.05) is 18.2 Å². The van der Waals surface area contributed by atoms with E-state index in [4.69, 9.17) is 0 Å². The van der Waals surface area contributed by atoms with Crippen molar-refractivity contribution >= 4 is 11.6 Å². The van der Waals surface area contributed by atoms with Crippen LogP contribution in [0.3, 0.4) is 0 Å². The van der Waals surface area contributed by atoms with E-state index in [-0.39, 0.29) is 5.54 Å². The molecule has 0 saturated heterocycles. The average Bonchev–Trinajstić information content (AvgIpc) is 2.32. The summed E-state index contributed by atoms with van der Waals surface area (Å²) in [6, 6.07) is 2.01. The summed E-state index contributed by atoms with van der Waals surface area (Å²) in [6.45, 7) is 5.34. The van der Waals surface area contributed by atoms with Crippen LogP contribution in [0.4, 0.5) is 11.6 Å². The van der Waals surface area contributed by atoms with Gasteiger partial charge >= 0.3 is 0 Å². The van der Waals surface area contributed by atoms with Crippen molar-refractivity contribution in [3.05, 3.63) is 12.4 Å². The molecule has 1 aromatic rings. The zero-order chi connectivity index (χ0) is 12.1. The van der Waals surface area contributed by atoms with Crippen molar-refractivity contribution in [3.63, 3.8) is 0 Å². The van der Waals surface area contributed by atoms with Crippen molar-refractivity contribution in [2.45, 2.75) is 51.5 Å². The number of aromatic nitrogens is 2. The van der Waals surface area contributed by atoms with E-state index in [1.807, 2.05) is 6.07 Å². The maximum absolute atomic E-state index is 4.30. The van der Waals surface area contributed by atoms with E-state index in [9.17, 15) is 0 Å². The summed E-state index contributed by atoms with van der Waals surface area (Å²) in [5, 5.41) is 6.85. The molecule has 1 aliphatic rings. The van der Waals surface area contributed by atoms with Gasteiger partial charge in [0.1, 0.15) is 18.0 Å².